The van der Waals surface area contributed by atoms with Gasteiger partial charge in [-0.2, -0.15) is 11.8 Å². The molecule has 1 aromatic carbocycles. The maximum atomic E-state index is 6.17. The summed E-state index contributed by atoms with van der Waals surface area (Å²) in [5, 5.41) is 4.93. The number of thioether (sulfide) groups is 1. The molecule has 0 saturated heterocycles. The summed E-state index contributed by atoms with van der Waals surface area (Å²) in [6.45, 7) is 5.69. The van der Waals surface area contributed by atoms with Gasteiger partial charge < -0.3 is 4.90 Å². The van der Waals surface area contributed by atoms with Crippen LogP contribution in [0.1, 0.15) is 19.4 Å². The number of nitrogens with zero attached hydrogens (tertiary/aromatic N) is 1. The van der Waals surface area contributed by atoms with Crippen molar-refractivity contribution in [3.63, 3.8) is 0 Å². The van der Waals surface area contributed by atoms with Crippen molar-refractivity contribution in [1.82, 2.24) is 4.90 Å². The van der Waals surface area contributed by atoms with E-state index in [9.17, 15) is 0 Å². The van der Waals surface area contributed by atoms with Crippen molar-refractivity contribution >= 4 is 35.0 Å². The summed E-state index contributed by atoms with van der Waals surface area (Å²) in [5.74, 6) is 1.60. The van der Waals surface area contributed by atoms with Crippen LogP contribution in [-0.4, -0.2) is 30.8 Å². The first-order chi connectivity index (χ1) is 11.4. The van der Waals surface area contributed by atoms with Crippen molar-refractivity contribution in [1.29, 1.82) is 0 Å². The number of benzene rings is 2. The Morgan fingerprint density at radius 3 is 1.96 bits per heavy atom. The average molecular weight is 382 g/mol. The first-order valence-corrected chi connectivity index (χ1v) is 9.98. The number of halogens is 2. The fourth-order valence-electron chi connectivity index (χ4n) is 2.41. The molecule has 0 aliphatic heterocycles. The van der Waals surface area contributed by atoms with Crippen LogP contribution < -0.4 is 0 Å². The molecule has 130 valence electrons. The Morgan fingerprint density at radius 2 is 1.54 bits per heavy atom. The van der Waals surface area contributed by atoms with Crippen molar-refractivity contribution in [2.75, 3.05) is 20.6 Å². The Kier molecular flexibility index (Phi) is 7.49. The predicted octanol–water partition coefficient (Wildman–Crippen LogP) is 6.10. The van der Waals surface area contributed by atoms with Crippen LogP contribution in [-0.2, 0) is 5.75 Å². The standard InChI is InChI=1S/C14H21Cl2NS.C6H4/c1-10(8-17(3)4)11(2)18-9-12-5-6-13(15)7-14(12)16;1-2-6-4-3-5(1)6/h5-7,10-11H,8-9H2,1-4H3;1-4H. The van der Waals surface area contributed by atoms with E-state index >= 15 is 0 Å². The molecule has 4 heteroatoms. The molecule has 3 rings (SSSR count). The van der Waals surface area contributed by atoms with E-state index in [1.54, 1.807) is 0 Å². The summed E-state index contributed by atoms with van der Waals surface area (Å²) in [7, 11) is 4.23. The van der Waals surface area contributed by atoms with Crippen LogP contribution in [0.3, 0.4) is 0 Å². The molecule has 0 heterocycles. The van der Waals surface area contributed by atoms with Gasteiger partial charge in [-0.15, -0.1) is 0 Å². The van der Waals surface area contributed by atoms with Gasteiger partial charge in [0.15, 0.2) is 0 Å². The minimum absolute atomic E-state index is 0.610. The highest BCUT2D eigenvalue weighted by Crippen LogP contribution is 2.28. The second-order valence-electron chi connectivity index (χ2n) is 6.57. The molecular weight excluding hydrogens is 357 g/mol. The van der Waals surface area contributed by atoms with Crippen molar-refractivity contribution < 1.29 is 0 Å². The normalized spacial score (nSPS) is 14.0. The third-order valence-electron chi connectivity index (χ3n) is 4.19. The SMILES string of the molecule is CC(CN(C)C)C(C)SCc1ccc(Cl)cc1Cl.c1cc2ccc1=2. The van der Waals surface area contributed by atoms with Crippen LogP contribution in [0.25, 0.3) is 0 Å². The Bertz CT molecular complexity index is 710. The summed E-state index contributed by atoms with van der Waals surface area (Å²) in [4.78, 5) is 2.23. The lowest BCUT2D eigenvalue weighted by molar-refractivity contribution is 0.338. The molecule has 1 aromatic rings. The molecule has 2 aliphatic carbocycles. The average Bonchev–Trinajstić information content (AvgIpc) is 2.49. The van der Waals surface area contributed by atoms with Crippen LogP contribution in [0, 0.1) is 16.4 Å². The zero-order chi connectivity index (χ0) is 17.7. The molecule has 24 heavy (non-hydrogen) atoms. The summed E-state index contributed by atoms with van der Waals surface area (Å²) < 4.78 is 0. The third-order valence-corrected chi connectivity index (χ3v) is 6.24. The predicted molar refractivity (Wildman–Crippen MR) is 109 cm³/mol. The van der Waals surface area contributed by atoms with Crippen molar-refractivity contribution in [2.45, 2.75) is 24.9 Å². The largest absolute Gasteiger partial charge is 0.309 e. The van der Waals surface area contributed by atoms with Crippen LogP contribution in [0.15, 0.2) is 42.5 Å². The molecular formula is C20H25Cl2NS. The minimum Gasteiger partial charge on any atom is -0.309 e. The lowest BCUT2D eigenvalue weighted by Crippen LogP contribution is -2.25. The highest BCUT2D eigenvalue weighted by Gasteiger charge is 2.14. The second kappa shape index (κ2) is 9.15. The molecule has 1 nitrogen and oxygen atoms in total. The lowest BCUT2D eigenvalue weighted by atomic mass is 10.1. The van der Waals surface area contributed by atoms with Crippen molar-refractivity contribution in [2.24, 2.45) is 5.92 Å². The third kappa shape index (κ3) is 5.70. The maximum Gasteiger partial charge on any atom is 0.0461 e. The summed E-state index contributed by atoms with van der Waals surface area (Å²) >= 11 is 14.0. The number of hydrogen-bond acceptors (Lipinski definition) is 2. The Morgan fingerprint density at radius 1 is 0.958 bits per heavy atom. The van der Waals surface area contributed by atoms with E-state index in [0.717, 1.165) is 22.9 Å². The molecule has 0 spiro atoms. The zero-order valence-corrected chi connectivity index (χ0v) is 17.1. The molecule has 2 aliphatic rings. The minimum atomic E-state index is 0.610. The van der Waals surface area contributed by atoms with Gasteiger partial charge in [0.25, 0.3) is 0 Å². The summed E-state index contributed by atoms with van der Waals surface area (Å²) in [6.07, 6.45) is 0. The summed E-state index contributed by atoms with van der Waals surface area (Å²) in [5.41, 5.74) is 1.16. The highest BCUT2D eigenvalue weighted by atomic mass is 35.5. The molecule has 0 saturated carbocycles. The fourth-order valence-corrected chi connectivity index (χ4v) is 4.07. The smallest absolute Gasteiger partial charge is 0.0461 e. The summed E-state index contributed by atoms with van der Waals surface area (Å²) in [6, 6.07) is 14.2. The molecule has 0 fully saturated rings. The lowest BCUT2D eigenvalue weighted by Gasteiger charge is -2.23. The van der Waals surface area contributed by atoms with Crippen molar-refractivity contribution in [3.05, 3.63) is 68.5 Å². The number of hydrogen-bond donors (Lipinski definition) is 0. The van der Waals surface area contributed by atoms with Gasteiger partial charge in [-0.25, -0.2) is 0 Å². The quantitative estimate of drug-likeness (QED) is 0.507. The van der Waals surface area contributed by atoms with Gasteiger partial charge in [-0.05, 0) is 48.1 Å². The van der Waals surface area contributed by atoms with Gasteiger partial charge in [0.2, 0.25) is 0 Å². The van der Waals surface area contributed by atoms with E-state index in [-0.39, 0.29) is 0 Å². The molecule has 2 atom stereocenters. The van der Waals surface area contributed by atoms with Crippen LogP contribution >= 0.6 is 35.0 Å². The molecule has 0 amide bonds. The topological polar surface area (TPSA) is 3.24 Å². The Balaban J connectivity index is 0.000000282. The highest BCUT2D eigenvalue weighted by molar-refractivity contribution is 7.99. The van der Waals surface area contributed by atoms with Gasteiger partial charge in [0, 0.05) is 27.6 Å². The Hall–Kier alpha value is -0.670. The van der Waals surface area contributed by atoms with Gasteiger partial charge in [-0.3, -0.25) is 0 Å². The van der Waals surface area contributed by atoms with Gasteiger partial charge in [-0.1, -0.05) is 67.4 Å². The molecule has 0 N–H and O–H groups in total. The van der Waals surface area contributed by atoms with E-state index in [4.69, 9.17) is 23.2 Å². The monoisotopic (exact) mass is 381 g/mol. The second-order valence-corrected chi connectivity index (χ2v) is 8.78. The molecule has 0 aromatic heterocycles. The van der Waals surface area contributed by atoms with Crippen LogP contribution in [0.2, 0.25) is 10.0 Å². The van der Waals surface area contributed by atoms with E-state index in [1.165, 1.54) is 10.4 Å². The van der Waals surface area contributed by atoms with Gasteiger partial charge in [0.05, 0.1) is 0 Å². The number of rotatable bonds is 6. The van der Waals surface area contributed by atoms with Crippen LogP contribution in [0.5, 0.6) is 0 Å². The molecule has 2 unspecified atom stereocenters. The first kappa shape index (κ1) is 19.7. The first-order valence-electron chi connectivity index (χ1n) is 8.17. The van der Waals surface area contributed by atoms with Crippen molar-refractivity contribution in [3.8, 4) is 0 Å². The zero-order valence-electron chi connectivity index (χ0n) is 14.7. The van der Waals surface area contributed by atoms with E-state index < -0.39 is 0 Å². The van der Waals surface area contributed by atoms with E-state index in [2.05, 4.69) is 57.1 Å². The van der Waals surface area contributed by atoms with E-state index in [1.807, 2.05) is 30.0 Å². The Labute approximate surface area is 159 Å². The fraction of sp³-hybridized carbons (Fsp3) is 0.400. The van der Waals surface area contributed by atoms with Crippen LogP contribution in [0.4, 0.5) is 0 Å². The molecule has 0 bridgehead atoms. The van der Waals surface area contributed by atoms with Gasteiger partial charge >= 0.3 is 0 Å². The molecule has 0 radical (unpaired) electrons. The van der Waals surface area contributed by atoms with E-state index in [0.29, 0.717) is 16.2 Å². The maximum absolute atomic E-state index is 6.17. The van der Waals surface area contributed by atoms with Gasteiger partial charge in [0.1, 0.15) is 0 Å².